The Morgan fingerprint density at radius 2 is 2.29 bits per heavy atom. The fraction of sp³-hybridized carbons (Fsp3) is 0.562. The topological polar surface area (TPSA) is 32.3 Å². The van der Waals surface area contributed by atoms with Crippen LogP contribution in [0.4, 0.5) is 0 Å². The summed E-state index contributed by atoms with van der Waals surface area (Å²) >= 11 is 9.62. The number of carbonyl (C=O) groups excluding carboxylic acids is 1. The highest BCUT2D eigenvalue weighted by Crippen LogP contribution is 2.23. The first-order valence-corrected chi connectivity index (χ1v) is 8.62. The van der Waals surface area contributed by atoms with Gasteiger partial charge in [0, 0.05) is 23.6 Å². The van der Waals surface area contributed by atoms with E-state index in [0.717, 1.165) is 30.5 Å². The van der Waals surface area contributed by atoms with Gasteiger partial charge in [0.15, 0.2) is 0 Å². The van der Waals surface area contributed by atoms with Gasteiger partial charge in [-0.25, -0.2) is 0 Å². The number of nitrogens with one attached hydrogen (secondary N) is 1. The summed E-state index contributed by atoms with van der Waals surface area (Å²) in [6.07, 6.45) is 2.32. The highest BCUT2D eigenvalue weighted by Gasteiger charge is 2.24. The quantitative estimate of drug-likeness (QED) is 0.847. The van der Waals surface area contributed by atoms with E-state index >= 15 is 0 Å². The number of halogens is 2. The third kappa shape index (κ3) is 4.70. The molecule has 5 heteroatoms. The lowest BCUT2D eigenvalue weighted by Gasteiger charge is -2.28. The second-order valence-corrected chi connectivity index (χ2v) is 7.34. The van der Waals surface area contributed by atoms with Gasteiger partial charge in [0.25, 0.3) is 5.91 Å². The van der Waals surface area contributed by atoms with E-state index in [1.54, 1.807) is 12.1 Å². The number of hydrogen-bond donors (Lipinski definition) is 1. The van der Waals surface area contributed by atoms with Crippen LogP contribution in [0.1, 0.15) is 37.0 Å². The summed E-state index contributed by atoms with van der Waals surface area (Å²) in [5.74, 6) is 0.449. The van der Waals surface area contributed by atoms with Crippen LogP contribution in [-0.4, -0.2) is 36.5 Å². The van der Waals surface area contributed by atoms with Crippen molar-refractivity contribution >= 4 is 33.4 Å². The molecule has 1 aromatic carbocycles. The molecular formula is C16H22BrClN2O. The van der Waals surface area contributed by atoms with E-state index in [9.17, 15) is 4.79 Å². The molecule has 0 radical (unpaired) electrons. The molecule has 1 aliphatic heterocycles. The predicted molar refractivity (Wildman–Crippen MR) is 90.9 cm³/mol. The predicted octanol–water partition coefficient (Wildman–Crippen LogP) is 3.95. The molecule has 0 saturated carbocycles. The summed E-state index contributed by atoms with van der Waals surface area (Å²) in [5, 5.41) is 3.97. The second kappa shape index (κ2) is 7.61. The lowest BCUT2D eigenvalue weighted by molar-refractivity contribution is 0.0721. The van der Waals surface area contributed by atoms with Crippen LogP contribution < -0.4 is 5.32 Å². The molecule has 1 atom stereocenters. The standard InChI is InChI=1S/C16H22BrClN2O/c1-11(2)9-20(10-13-4-3-7-19-13)16(21)14-8-12(17)5-6-15(14)18/h5-6,8,11,13,19H,3-4,7,9-10H2,1-2H3. The Bertz CT molecular complexity index is 501. The highest BCUT2D eigenvalue weighted by atomic mass is 79.9. The molecule has 0 aliphatic carbocycles. The van der Waals surface area contributed by atoms with Crippen molar-refractivity contribution in [3.05, 3.63) is 33.3 Å². The molecule has 1 aromatic rings. The van der Waals surface area contributed by atoms with Crippen molar-refractivity contribution in [1.82, 2.24) is 10.2 Å². The van der Waals surface area contributed by atoms with Gasteiger partial charge in [-0.15, -0.1) is 0 Å². The molecule has 116 valence electrons. The van der Waals surface area contributed by atoms with E-state index in [2.05, 4.69) is 35.1 Å². The molecule has 1 saturated heterocycles. The second-order valence-electron chi connectivity index (χ2n) is 6.02. The molecule has 1 N–H and O–H groups in total. The van der Waals surface area contributed by atoms with E-state index < -0.39 is 0 Å². The van der Waals surface area contributed by atoms with Crippen LogP contribution in [0.25, 0.3) is 0 Å². The van der Waals surface area contributed by atoms with Gasteiger partial charge in [0.2, 0.25) is 0 Å². The first-order valence-electron chi connectivity index (χ1n) is 7.45. The van der Waals surface area contributed by atoms with Crippen LogP contribution >= 0.6 is 27.5 Å². The zero-order valence-electron chi connectivity index (χ0n) is 12.5. The maximum atomic E-state index is 12.8. The Kier molecular flexibility index (Phi) is 6.08. The van der Waals surface area contributed by atoms with E-state index in [-0.39, 0.29) is 5.91 Å². The Hall–Kier alpha value is -0.580. The molecular weight excluding hydrogens is 352 g/mol. The van der Waals surface area contributed by atoms with E-state index in [1.165, 1.54) is 6.42 Å². The molecule has 0 bridgehead atoms. The Morgan fingerprint density at radius 1 is 1.52 bits per heavy atom. The normalized spacial score (nSPS) is 18.2. The van der Waals surface area contributed by atoms with E-state index in [4.69, 9.17) is 11.6 Å². The molecule has 1 amide bonds. The fourth-order valence-electron chi connectivity index (χ4n) is 2.69. The molecule has 2 rings (SSSR count). The minimum absolute atomic E-state index is 0.0173. The van der Waals surface area contributed by atoms with Crippen molar-refractivity contribution in [2.24, 2.45) is 5.92 Å². The van der Waals surface area contributed by atoms with Gasteiger partial charge < -0.3 is 10.2 Å². The SMILES string of the molecule is CC(C)CN(CC1CCCN1)C(=O)c1cc(Br)ccc1Cl. The minimum atomic E-state index is 0.0173. The highest BCUT2D eigenvalue weighted by molar-refractivity contribution is 9.10. The summed E-state index contributed by atoms with van der Waals surface area (Å²) in [4.78, 5) is 14.8. The van der Waals surface area contributed by atoms with E-state index in [1.807, 2.05) is 11.0 Å². The van der Waals surface area contributed by atoms with Crippen LogP contribution in [0.5, 0.6) is 0 Å². The van der Waals surface area contributed by atoms with Crippen molar-refractivity contribution < 1.29 is 4.79 Å². The van der Waals surface area contributed by atoms with Crippen molar-refractivity contribution in [3.63, 3.8) is 0 Å². The van der Waals surface area contributed by atoms with Gasteiger partial charge in [-0.1, -0.05) is 41.4 Å². The summed E-state index contributed by atoms with van der Waals surface area (Å²) < 4.78 is 0.874. The Morgan fingerprint density at radius 3 is 2.90 bits per heavy atom. The van der Waals surface area contributed by atoms with Crippen molar-refractivity contribution in [3.8, 4) is 0 Å². The van der Waals surface area contributed by atoms with Crippen LogP contribution in [0.3, 0.4) is 0 Å². The largest absolute Gasteiger partial charge is 0.337 e. The average Bonchev–Trinajstić information content (AvgIpc) is 2.92. The minimum Gasteiger partial charge on any atom is -0.337 e. The fourth-order valence-corrected chi connectivity index (χ4v) is 3.25. The first kappa shape index (κ1) is 16.8. The average molecular weight is 374 g/mol. The van der Waals surface area contributed by atoms with Gasteiger partial charge in [0.1, 0.15) is 0 Å². The van der Waals surface area contributed by atoms with Crippen LogP contribution in [0.15, 0.2) is 22.7 Å². The molecule has 0 aromatic heterocycles. The Balaban J connectivity index is 2.17. The summed E-state index contributed by atoms with van der Waals surface area (Å²) in [7, 11) is 0. The summed E-state index contributed by atoms with van der Waals surface area (Å²) in [6, 6.07) is 5.82. The summed E-state index contributed by atoms with van der Waals surface area (Å²) in [5.41, 5.74) is 0.574. The molecule has 1 fully saturated rings. The van der Waals surface area contributed by atoms with Crippen LogP contribution in [0.2, 0.25) is 5.02 Å². The molecule has 0 spiro atoms. The number of nitrogens with zero attached hydrogens (tertiary/aromatic N) is 1. The Labute approximate surface area is 140 Å². The molecule has 21 heavy (non-hydrogen) atoms. The molecule has 1 unspecified atom stereocenters. The van der Waals surface area contributed by atoms with Gasteiger partial charge in [-0.2, -0.15) is 0 Å². The molecule has 1 aliphatic rings. The smallest absolute Gasteiger partial charge is 0.255 e. The third-order valence-corrected chi connectivity index (χ3v) is 4.46. The number of amides is 1. The van der Waals surface area contributed by atoms with Crippen molar-refractivity contribution in [2.45, 2.75) is 32.7 Å². The molecule has 1 heterocycles. The van der Waals surface area contributed by atoms with Crippen LogP contribution in [0, 0.1) is 5.92 Å². The number of carbonyl (C=O) groups is 1. The number of rotatable bonds is 5. The maximum Gasteiger partial charge on any atom is 0.255 e. The monoisotopic (exact) mass is 372 g/mol. The first-order chi connectivity index (χ1) is 9.97. The van der Waals surface area contributed by atoms with Gasteiger partial charge in [-0.05, 0) is 43.5 Å². The van der Waals surface area contributed by atoms with Gasteiger partial charge in [0.05, 0.1) is 10.6 Å². The third-order valence-electron chi connectivity index (χ3n) is 3.63. The number of hydrogen-bond acceptors (Lipinski definition) is 2. The van der Waals surface area contributed by atoms with Gasteiger partial charge >= 0.3 is 0 Å². The maximum absolute atomic E-state index is 12.8. The van der Waals surface area contributed by atoms with E-state index in [0.29, 0.717) is 22.5 Å². The van der Waals surface area contributed by atoms with Crippen molar-refractivity contribution in [2.75, 3.05) is 19.6 Å². The molecule has 3 nitrogen and oxygen atoms in total. The summed E-state index contributed by atoms with van der Waals surface area (Å²) in [6.45, 7) is 6.81. The number of benzene rings is 1. The lowest BCUT2D eigenvalue weighted by Crippen LogP contribution is -2.43. The zero-order valence-corrected chi connectivity index (χ0v) is 14.9. The zero-order chi connectivity index (χ0) is 15.4. The van der Waals surface area contributed by atoms with Crippen molar-refractivity contribution in [1.29, 1.82) is 0 Å². The van der Waals surface area contributed by atoms with Gasteiger partial charge in [-0.3, -0.25) is 4.79 Å². The van der Waals surface area contributed by atoms with Crippen LogP contribution in [-0.2, 0) is 0 Å². The lowest BCUT2D eigenvalue weighted by atomic mass is 10.1.